The molecule has 1 N–H and O–H groups in total. The molecule has 0 spiro atoms. The van der Waals surface area contributed by atoms with Crippen LogP contribution in [-0.2, 0) is 20.8 Å². The molecule has 0 bridgehead atoms. The van der Waals surface area contributed by atoms with Crippen LogP contribution in [0.15, 0.2) is 16.8 Å². The predicted molar refractivity (Wildman–Crippen MR) is 75.2 cm³/mol. The summed E-state index contributed by atoms with van der Waals surface area (Å²) in [6.45, 7) is 3.67. The Morgan fingerprint density at radius 1 is 1.63 bits per heavy atom. The Hall–Kier alpha value is -0.910. The third kappa shape index (κ3) is 4.93. The number of rotatable bonds is 6. The Balaban J connectivity index is 1.64. The van der Waals surface area contributed by atoms with Gasteiger partial charge in [-0.1, -0.05) is 0 Å². The molecule has 1 saturated heterocycles. The van der Waals surface area contributed by atoms with Crippen molar-refractivity contribution in [2.24, 2.45) is 0 Å². The van der Waals surface area contributed by atoms with Crippen LogP contribution in [-0.4, -0.2) is 31.3 Å². The van der Waals surface area contributed by atoms with Crippen molar-refractivity contribution in [1.82, 2.24) is 5.32 Å². The van der Waals surface area contributed by atoms with Crippen molar-refractivity contribution in [1.29, 1.82) is 0 Å². The van der Waals surface area contributed by atoms with Gasteiger partial charge in [0, 0.05) is 13.2 Å². The number of carbonyl (C=O) groups excluding carboxylic acids is 1. The first-order valence-corrected chi connectivity index (χ1v) is 7.72. The van der Waals surface area contributed by atoms with Gasteiger partial charge in [0.25, 0.3) is 0 Å². The van der Waals surface area contributed by atoms with E-state index in [9.17, 15) is 4.79 Å². The van der Waals surface area contributed by atoms with Gasteiger partial charge in [0.2, 0.25) is 5.91 Å². The van der Waals surface area contributed by atoms with Crippen LogP contribution in [0.2, 0.25) is 0 Å². The van der Waals surface area contributed by atoms with Gasteiger partial charge in [0.1, 0.15) is 6.10 Å². The molecule has 0 aliphatic carbocycles. The minimum atomic E-state index is -0.427. The molecule has 0 saturated carbocycles. The standard InChI is InChI=1S/C14H21NO3S/c1-11(18-9-13-4-2-3-6-17-13)14(16)15-8-12-5-7-19-10-12/h5,7,10-11,13H,2-4,6,8-9H2,1H3,(H,15,16). The highest BCUT2D eigenvalue weighted by Gasteiger charge is 2.18. The van der Waals surface area contributed by atoms with Crippen LogP contribution >= 0.6 is 11.3 Å². The molecular formula is C14H21NO3S. The first-order valence-electron chi connectivity index (χ1n) is 6.77. The maximum atomic E-state index is 11.8. The molecule has 106 valence electrons. The van der Waals surface area contributed by atoms with E-state index in [4.69, 9.17) is 9.47 Å². The van der Waals surface area contributed by atoms with E-state index in [-0.39, 0.29) is 12.0 Å². The summed E-state index contributed by atoms with van der Waals surface area (Å²) in [6, 6.07) is 2.01. The molecule has 4 nitrogen and oxygen atoms in total. The van der Waals surface area contributed by atoms with Gasteiger partial charge in [-0.25, -0.2) is 0 Å². The molecule has 5 heteroatoms. The molecule has 0 aromatic carbocycles. The average molecular weight is 283 g/mol. The number of thiophene rings is 1. The molecule has 1 aromatic heterocycles. The van der Waals surface area contributed by atoms with Crippen molar-refractivity contribution < 1.29 is 14.3 Å². The lowest BCUT2D eigenvalue weighted by atomic mass is 10.1. The van der Waals surface area contributed by atoms with Crippen molar-refractivity contribution in [2.75, 3.05) is 13.2 Å². The summed E-state index contributed by atoms with van der Waals surface area (Å²) in [7, 11) is 0. The molecule has 2 rings (SSSR count). The summed E-state index contributed by atoms with van der Waals surface area (Å²) in [5, 5.41) is 6.91. The van der Waals surface area contributed by atoms with E-state index < -0.39 is 6.10 Å². The van der Waals surface area contributed by atoms with Gasteiger partial charge in [-0.2, -0.15) is 11.3 Å². The largest absolute Gasteiger partial charge is 0.376 e. The summed E-state index contributed by atoms with van der Waals surface area (Å²) < 4.78 is 11.2. The third-order valence-corrected chi connectivity index (χ3v) is 3.95. The summed E-state index contributed by atoms with van der Waals surface area (Å²) in [5.41, 5.74) is 1.13. The molecule has 2 atom stereocenters. The van der Waals surface area contributed by atoms with E-state index in [0.717, 1.165) is 25.0 Å². The molecule has 2 unspecified atom stereocenters. The van der Waals surface area contributed by atoms with Gasteiger partial charge >= 0.3 is 0 Å². The second-order valence-corrected chi connectivity index (χ2v) is 5.59. The Bertz CT molecular complexity index is 374. The Labute approximate surface area is 118 Å². The Morgan fingerprint density at radius 2 is 2.53 bits per heavy atom. The number of amides is 1. The smallest absolute Gasteiger partial charge is 0.249 e. The van der Waals surface area contributed by atoms with E-state index in [1.165, 1.54) is 6.42 Å². The van der Waals surface area contributed by atoms with Crippen molar-refractivity contribution in [2.45, 2.75) is 44.9 Å². The van der Waals surface area contributed by atoms with Crippen LogP contribution < -0.4 is 5.32 Å². The summed E-state index contributed by atoms with van der Waals surface area (Å²) in [4.78, 5) is 11.8. The van der Waals surface area contributed by atoms with Gasteiger partial charge in [-0.05, 0) is 48.6 Å². The van der Waals surface area contributed by atoms with Crippen molar-refractivity contribution in [3.8, 4) is 0 Å². The highest BCUT2D eigenvalue weighted by atomic mass is 32.1. The van der Waals surface area contributed by atoms with Crippen LogP contribution in [0.1, 0.15) is 31.7 Å². The Morgan fingerprint density at radius 3 is 3.21 bits per heavy atom. The molecule has 1 aliphatic heterocycles. The quantitative estimate of drug-likeness (QED) is 0.871. The van der Waals surface area contributed by atoms with Crippen molar-refractivity contribution in [3.63, 3.8) is 0 Å². The topological polar surface area (TPSA) is 47.6 Å². The molecule has 0 radical (unpaired) electrons. The number of nitrogens with one attached hydrogen (secondary N) is 1. The second-order valence-electron chi connectivity index (χ2n) is 4.81. The van der Waals surface area contributed by atoms with Crippen LogP contribution in [0.3, 0.4) is 0 Å². The fourth-order valence-electron chi connectivity index (χ4n) is 1.99. The fourth-order valence-corrected chi connectivity index (χ4v) is 2.66. The lowest BCUT2D eigenvalue weighted by Crippen LogP contribution is -2.36. The van der Waals surface area contributed by atoms with Crippen LogP contribution in [0, 0.1) is 0 Å². The SMILES string of the molecule is CC(OCC1CCCCO1)C(=O)NCc1ccsc1. The average Bonchev–Trinajstić information content (AvgIpc) is 2.96. The van der Waals surface area contributed by atoms with Crippen LogP contribution in [0.4, 0.5) is 0 Å². The van der Waals surface area contributed by atoms with Gasteiger partial charge in [0.05, 0.1) is 12.7 Å². The van der Waals surface area contributed by atoms with Gasteiger partial charge in [0.15, 0.2) is 0 Å². The van der Waals surface area contributed by atoms with Crippen molar-refractivity contribution >= 4 is 17.2 Å². The maximum absolute atomic E-state index is 11.8. The van der Waals surface area contributed by atoms with Gasteiger partial charge in [-0.3, -0.25) is 4.79 Å². The molecule has 1 fully saturated rings. The monoisotopic (exact) mass is 283 g/mol. The van der Waals surface area contributed by atoms with Gasteiger partial charge < -0.3 is 14.8 Å². The minimum Gasteiger partial charge on any atom is -0.376 e. The third-order valence-electron chi connectivity index (χ3n) is 3.22. The predicted octanol–water partition coefficient (Wildman–Crippen LogP) is 2.34. The number of hydrogen-bond donors (Lipinski definition) is 1. The highest BCUT2D eigenvalue weighted by molar-refractivity contribution is 7.07. The van der Waals surface area contributed by atoms with E-state index in [0.29, 0.717) is 13.2 Å². The molecule has 1 aromatic rings. The summed E-state index contributed by atoms with van der Waals surface area (Å²) in [5.74, 6) is -0.0676. The van der Waals surface area contributed by atoms with Crippen LogP contribution in [0.5, 0.6) is 0 Å². The zero-order valence-electron chi connectivity index (χ0n) is 11.3. The van der Waals surface area contributed by atoms with E-state index >= 15 is 0 Å². The second kappa shape index (κ2) is 7.62. The summed E-state index contributed by atoms with van der Waals surface area (Å²) in [6.07, 6.45) is 3.08. The van der Waals surface area contributed by atoms with E-state index in [1.54, 1.807) is 18.3 Å². The first-order chi connectivity index (χ1) is 9.25. The molecule has 19 heavy (non-hydrogen) atoms. The molecule has 2 heterocycles. The minimum absolute atomic E-state index is 0.0676. The number of carbonyl (C=O) groups is 1. The zero-order chi connectivity index (χ0) is 13.5. The lowest BCUT2D eigenvalue weighted by Gasteiger charge is -2.23. The fraction of sp³-hybridized carbons (Fsp3) is 0.643. The summed E-state index contributed by atoms with van der Waals surface area (Å²) >= 11 is 1.63. The molecule has 1 amide bonds. The first kappa shape index (κ1) is 14.5. The van der Waals surface area contributed by atoms with E-state index in [2.05, 4.69) is 5.32 Å². The zero-order valence-corrected chi connectivity index (χ0v) is 12.1. The number of ether oxygens (including phenoxy) is 2. The molecule has 1 aliphatic rings. The normalized spacial score (nSPS) is 21.0. The molecular weight excluding hydrogens is 262 g/mol. The Kier molecular flexibility index (Phi) is 5.82. The van der Waals surface area contributed by atoms with Gasteiger partial charge in [-0.15, -0.1) is 0 Å². The highest BCUT2D eigenvalue weighted by Crippen LogP contribution is 2.13. The maximum Gasteiger partial charge on any atom is 0.249 e. The number of hydrogen-bond acceptors (Lipinski definition) is 4. The van der Waals surface area contributed by atoms with Crippen molar-refractivity contribution in [3.05, 3.63) is 22.4 Å². The van der Waals surface area contributed by atoms with E-state index in [1.807, 2.05) is 16.8 Å². The lowest BCUT2D eigenvalue weighted by molar-refractivity contribution is -0.135. The van der Waals surface area contributed by atoms with Crippen LogP contribution in [0.25, 0.3) is 0 Å².